The minimum Gasteiger partial charge on any atom is -0.228 e. The van der Waals surface area contributed by atoms with Crippen LogP contribution in [0.5, 0.6) is 0 Å². The second-order valence-corrected chi connectivity index (χ2v) is 12.9. The standard InChI is InChI=1S/C44H28N4S/c1-5-15-29(16-6-1)36-27-37(30-17-7-2-8-18-30)47-44(46-36)35-25-14-26-40-41(35)34-24-13-23-33(42(34)49-40)39-28-38(31-19-9-3-10-20-31)45-43(48-39)32-21-11-4-12-22-32/h1-28H. The average molecular weight is 645 g/mol. The Balaban J connectivity index is 1.26. The highest BCUT2D eigenvalue weighted by Crippen LogP contribution is 2.44. The summed E-state index contributed by atoms with van der Waals surface area (Å²) in [5, 5.41) is 2.30. The van der Waals surface area contributed by atoms with Crippen LogP contribution in [0.2, 0.25) is 0 Å². The van der Waals surface area contributed by atoms with Crippen LogP contribution < -0.4 is 0 Å². The first-order valence-corrected chi connectivity index (χ1v) is 17.0. The molecule has 0 saturated heterocycles. The van der Waals surface area contributed by atoms with Gasteiger partial charge in [0.05, 0.1) is 22.8 Å². The first-order valence-electron chi connectivity index (χ1n) is 16.2. The quantitative estimate of drug-likeness (QED) is 0.181. The zero-order valence-corrected chi connectivity index (χ0v) is 27.2. The van der Waals surface area contributed by atoms with Crippen LogP contribution in [0, 0.1) is 0 Å². The van der Waals surface area contributed by atoms with E-state index in [0.717, 1.165) is 66.9 Å². The van der Waals surface area contributed by atoms with Crippen LogP contribution >= 0.6 is 11.3 Å². The molecule has 0 aliphatic rings. The maximum atomic E-state index is 5.18. The second kappa shape index (κ2) is 12.4. The first-order chi connectivity index (χ1) is 24.3. The molecule has 0 bridgehead atoms. The van der Waals surface area contributed by atoms with Crippen molar-refractivity contribution in [3.63, 3.8) is 0 Å². The summed E-state index contributed by atoms with van der Waals surface area (Å²) in [6, 6.07) is 58.3. The molecule has 9 aromatic rings. The van der Waals surface area contributed by atoms with Gasteiger partial charge in [-0.2, -0.15) is 0 Å². The summed E-state index contributed by atoms with van der Waals surface area (Å²) < 4.78 is 2.35. The second-order valence-electron chi connectivity index (χ2n) is 11.9. The van der Waals surface area contributed by atoms with Crippen molar-refractivity contribution in [3.8, 4) is 67.8 Å². The van der Waals surface area contributed by atoms with Gasteiger partial charge < -0.3 is 0 Å². The summed E-state index contributed by atoms with van der Waals surface area (Å²) >= 11 is 1.78. The molecule has 6 aromatic carbocycles. The molecular formula is C44H28N4S. The maximum Gasteiger partial charge on any atom is 0.161 e. The highest BCUT2D eigenvalue weighted by Gasteiger charge is 2.19. The summed E-state index contributed by atoms with van der Waals surface area (Å²) in [7, 11) is 0. The van der Waals surface area contributed by atoms with Crippen molar-refractivity contribution >= 4 is 31.5 Å². The van der Waals surface area contributed by atoms with Crippen molar-refractivity contribution in [1.82, 2.24) is 19.9 Å². The van der Waals surface area contributed by atoms with Crippen molar-refractivity contribution in [1.29, 1.82) is 0 Å². The number of benzene rings is 6. The lowest BCUT2D eigenvalue weighted by molar-refractivity contribution is 1.19. The number of aromatic nitrogens is 4. The third-order valence-electron chi connectivity index (χ3n) is 8.73. The van der Waals surface area contributed by atoms with Gasteiger partial charge in [-0.1, -0.05) is 152 Å². The molecular weight excluding hydrogens is 617 g/mol. The molecule has 4 nitrogen and oxygen atoms in total. The fourth-order valence-corrected chi connectivity index (χ4v) is 7.63. The molecule has 0 radical (unpaired) electrons. The highest BCUT2D eigenvalue weighted by atomic mass is 32.1. The molecule has 0 spiro atoms. The van der Waals surface area contributed by atoms with Gasteiger partial charge in [-0.05, 0) is 18.2 Å². The molecule has 0 aliphatic carbocycles. The lowest BCUT2D eigenvalue weighted by atomic mass is 10.0. The monoisotopic (exact) mass is 644 g/mol. The normalized spacial score (nSPS) is 11.3. The van der Waals surface area contributed by atoms with Crippen molar-refractivity contribution in [2.45, 2.75) is 0 Å². The van der Waals surface area contributed by atoms with Crippen LogP contribution in [0.25, 0.3) is 88.0 Å². The van der Waals surface area contributed by atoms with Gasteiger partial charge in [0.1, 0.15) is 0 Å². The van der Waals surface area contributed by atoms with E-state index in [2.05, 4.69) is 97.1 Å². The molecule has 49 heavy (non-hydrogen) atoms. The number of nitrogens with zero attached hydrogens (tertiary/aromatic N) is 4. The van der Waals surface area contributed by atoms with E-state index < -0.39 is 0 Å². The fourth-order valence-electron chi connectivity index (χ4n) is 6.38. The summed E-state index contributed by atoms with van der Waals surface area (Å²) in [4.78, 5) is 20.5. The van der Waals surface area contributed by atoms with Gasteiger partial charge in [0.15, 0.2) is 11.6 Å². The van der Waals surface area contributed by atoms with Gasteiger partial charge in [0.2, 0.25) is 0 Å². The predicted molar refractivity (Wildman–Crippen MR) is 203 cm³/mol. The van der Waals surface area contributed by atoms with E-state index in [1.54, 1.807) is 11.3 Å². The van der Waals surface area contributed by atoms with Gasteiger partial charge in [0.25, 0.3) is 0 Å². The van der Waals surface area contributed by atoms with Gasteiger partial charge in [-0.25, -0.2) is 19.9 Å². The minimum atomic E-state index is 0.704. The molecule has 0 aliphatic heterocycles. The molecule has 3 aromatic heterocycles. The Hall–Kier alpha value is -6.30. The van der Waals surface area contributed by atoms with Crippen molar-refractivity contribution < 1.29 is 0 Å². The topological polar surface area (TPSA) is 51.6 Å². The molecule has 0 unspecified atom stereocenters. The zero-order valence-electron chi connectivity index (χ0n) is 26.4. The Morgan fingerprint density at radius 3 is 1.37 bits per heavy atom. The molecule has 0 atom stereocenters. The van der Waals surface area contributed by atoms with Crippen molar-refractivity contribution in [2.75, 3.05) is 0 Å². The number of thiophene rings is 1. The molecule has 0 amide bonds. The van der Waals surface area contributed by atoms with E-state index in [9.17, 15) is 0 Å². The molecule has 9 rings (SSSR count). The van der Waals surface area contributed by atoms with Crippen LogP contribution in [0.3, 0.4) is 0 Å². The van der Waals surface area contributed by atoms with Crippen LogP contribution in [-0.2, 0) is 0 Å². The van der Waals surface area contributed by atoms with E-state index in [1.165, 1.54) is 9.40 Å². The minimum absolute atomic E-state index is 0.704. The van der Waals surface area contributed by atoms with Gasteiger partial charge >= 0.3 is 0 Å². The average Bonchev–Trinajstić information content (AvgIpc) is 3.58. The van der Waals surface area contributed by atoms with E-state index in [1.807, 2.05) is 72.8 Å². The van der Waals surface area contributed by atoms with Crippen LogP contribution in [0.15, 0.2) is 170 Å². The summed E-state index contributed by atoms with van der Waals surface area (Å²) in [5.41, 5.74) is 9.80. The lowest BCUT2D eigenvalue weighted by Crippen LogP contribution is -1.96. The first kappa shape index (κ1) is 28.9. The highest BCUT2D eigenvalue weighted by molar-refractivity contribution is 7.26. The Kier molecular flexibility index (Phi) is 7.30. The van der Waals surface area contributed by atoms with Gasteiger partial charge in [-0.15, -0.1) is 11.3 Å². The Morgan fingerprint density at radius 1 is 0.347 bits per heavy atom. The fraction of sp³-hybridized carbons (Fsp3) is 0. The number of hydrogen-bond donors (Lipinski definition) is 0. The van der Waals surface area contributed by atoms with E-state index >= 15 is 0 Å². The smallest absolute Gasteiger partial charge is 0.161 e. The number of hydrogen-bond acceptors (Lipinski definition) is 5. The third kappa shape index (κ3) is 5.46. The zero-order chi connectivity index (χ0) is 32.6. The molecule has 0 N–H and O–H groups in total. The summed E-state index contributed by atoms with van der Waals surface area (Å²) in [5.74, 6) is 1.41. The van der Waals surface area contributed by atoms with Crippen LogP contribution in [-0.4, -0.2) is 19.9 Å². The largest absolute Gasteiger partial charge is 0.228 e. The van der Waals surface area contributed by atoms with E-state index in [-0.39, 0.29) is 0 Å². The Labute approximate surface area is 288 Å². The van der Waals surface area contributed by atoms with E-state index in [0.29, 0.717) is 11.6 Å². The predicted octanol–water partition coefficient (Wildman–Crippen LogP) is 11.6. The maximum absolute atomic E-state index is 5.18. The number of fused-ring (bicyclic) bond motifs is 3. The summed E-state index contributed by atoms with van der Waals surface area (Å²) in [6.07, 6.45) is 0. The summed E-state index contributed by atoms with van der Waals surface area (Å²) in [6.45, 7) is 0. The van der Waals surface area contributed by atoms with Gasteiger partial charge in [0, 0.05) is 53.6 Å². The molecule has 0 fully saturated rings. The molecule has 230 valence electrons. The Morgan fingerprint density at radius 2 is 0.796 bits per heavy atom. The molecule has 3 heterocycles. The third-order valence-corrected chi connectivity index (χ3v) is 9.94. The van der Waals surface area contributed by atoms with Crippen LogP contribution in [0.4, 0.5) is 0 Å². The molecule has 5 heteroatoms. The van der Waals surface area contributed by atoms with Crippen LogP contribution in [0.1, 0.15) is 0 Å². The SMILES string of the molecule is c1ccc(-c2cc(-c3cccc4c3sc3cccc(-c5nc(-c6ccccc6)cc(-c6ccccc6)n5)c34)nc(-c3ccccc3)n2)cc1. The van der Waals surface area contributed by atoms with Crippen molar-refractivity contribution in [3.05, 3.63) is 170 Å². The Bertz CT molecular complexity index is 2470. The number of rotatable bonds is 6. The van der Waals surface area contributed by atoms with E-state index in [4.69, 9.17) is 19.9 Å². The lowest BCUT2D eigenvalue weighted by Gasteiger charge is -2.11. The molecule has 0 saturated carbocycles. The van der Waals surface area contributed by atoms with Crippen molar-refractivity contribution in [2.24, 2.45) is 0 Å². The van der Waals surface area contributed by atoms with Gasteiger partial charge in [-0.3, -0.25) is 0 Å².